The zero-order chi connectivity index (χ0) is 15.5. The van der Waals surface area contributed by atoms with Crippen LogP contribution in [0.15, 0.2) is 0 Å². The minimum Gasteiger partial charge on any atom is -0.431 e. The molecule has 0 N–H and O–H groups in total. The van der Waals surface area contributed by atoms with Crippen LogP contribution in [0, 0.1) is 5.41 Å². The first-order valence-electron chi connectivity index (χ1n) is 6.74. The quantitative estimate of drug-likeness (QED) is 0.413. The highest BCUT2D eigenvalue weighted by Gasteiger charge is 2.35. The maximum atomic E-state index is 11.5. The highest BCUT2D eigenvalue weighted by molar-refractivity contribution is 5.62. The van der Waals surface area contributed by atoms with Crippen LogP contribution in [0.2, 0.25) is 0 Å². The van der Waals surface area contributed by atoms with Crippen LogP contribution in [0.5, 0.6) is 0 Å². The van der Waals surface area contributed by atoms with Crippen LogP contribution in [0.3, 0.4) is 0 Å². The van der Waals surface area contributed by atoms with E-state index in [1.54, 1.807) is 20.8 Å². The molecule has 2 aliphatic heterocycles. The lowest BCUT2D eigenvalue weighted by atomic mass is 9.96. The van der Waals surface area contributed by atoms with E-state index in [1.807, 2.05) is 0 Å². The molecule has 21 heavy (non-hydrogen) atoms. The second-order valence-corrected chi connectivity index (χ2v) is 5.97. The van der Waals surface area contributed by atoms with Gasteiger partial charge in [0.1, 0.15) is 25.4 Å². The molecule has 0 aliphatic carbocycles. The fraction of sp³-hybridized carbons (Fsp3) is 0.846. The maximum Gasteiger partial charge on any atom is 0.511 e. The van der Waals surface area contributed by atoms with Crippen molar-refractivity contribution in [2.24, 2.45) is 5.41 Å². The van der Waals surface area contributed by atoms with Gasteiger partial charge in [-0.25, -0.2) is 9.59 Å². The van der Waals surface area contributed by atoms with Gasteiger partial charge < -0.3 is 28.4 Å². The van der Waals surface area contributed by atoms with Crippen LogP contribution < -0.4 is 0 Å². The van der Waals surface area contributed by atoms with Crippen molar-refractivity contribution in [3.05, 3.63) is 0 Å². The minimum absolute atomic E-state index is 0.0601. The topological polar surface area (TPSA) is 96.1 Å². The fourth-order valence-corrected chi connectivity index (χ4v) is 1.27. The van der Waals surface area contributed by atoms with E-state index in [-0.39, 0.29) is 25.4 Å². The standard InChI is InChI=1S/C13H20O8/c1-13(2,3)10(20-11(14)18-6-8-4-16-8)21-12(15)19-7-9-5-17-9/h8-10H,4-7H2,1-3H3/t8-,9-/m1/s1. The van der Waals surface area contributed by atoms with Gasteiger partial charge in [-0.3, -0.25) is 0 Å². The molecule has 0 saturated carbocycles. The molecule has 0 bridgehead atoms. The summed E-state index contributed by atoms with van der Waals surface area (Å²) in [5.41, 5.74) is -0.621. The first kappa shape index (κ1) is 15.8. The monoisotopic (exact) mass is 304 g/mol. The maximum absolute atomic E-state index is 11.5. The molecule has 2 rings (SSSR count). The van der Waals surface area contributed by atoms with Gasteiger partial charge in [-0.05, 0) is 0 Å². The second-order valence-electron chi connectivity index (χ2n) is 5.97. The lowest BCUT2D eigenvalue weighted by Crippen LogP contribution is -2.36. The van der Waals surface area contributed by atoms with Crippen LogP contribution in [0.4, 0.5) is 9.59 Å². The Hall–Kier alpha value is -1.54. The zero-order valence-electron chi connectivity index (χ0n) is 12.3. The molecule has 2 heterocycles. The van der Waals surface area contributed by atoms with Crippen molar-refractivity contribution in [1.82, 2.24) is 0 Å². The van der Waals surface area contributed by atoms with E-state index in [1.165, 1.54) is 0 Å². The number of ether oxygens (including phenoxy) is 6. The Kier molecular flexibility index (Phi) is 4.89. The molecule has 0 radical (unpaired) electrons. The summed E-state index contributed by atoms with van der Waals surface area (Å²) in [6, 6.07) is 0. The Labute approximate surface area is 122 Å². The van der Waals surface area contributed by atoms with Gasteiger partial charge in [0.15, 0.2) is 0 Å². The van der Waals surface area contributed by atoms with E-state index in [9.17, 15) is 9.59 Å². The summed E-state index contributed by atoms with van der Waals surface area (Å²) in [5.74, 6) is 0. The fourth-order valence-electron chi connectivity index (χ4n) is 1.27. The van der Waals surface area contributed by atoms with E-state index < -0.39 is 24.0 Å². The summed E-state index contributed by atoms with van der Waals surface area (Å²) in [6.45, 7) is 6.66. The molecule has 0 aromatic carbocycles. The van der Waals surface area contributed by atoms with E-state index in [2.05, 4.69) is 0 Å². The molecule has 0 aromatic rings. The van der Waals surface area contributed by atoms with Crippen molar-refractivity contribution < 1.29 is 38.0 Å². The number of carbonyl (C=O) groups excluding carboxylic acids is 2. The van der Waals surface area contributed by atoms with Gasteiger partial charge >= 0.3 is 12.3 Å². The molecule has 120 valence electrons. The lowest BCUT2D eigenvalue weighted by Gasteiger charge is -2.28. The molecule has 8 nitrogen and oxygen atoms in total. The van der Waals surface area contributed by atoms with Crippen LogP contribution in [-0.4, -0.2) is 57.2 Å². The first-order valence-corrected chi connectivity index (χ1v) is 6.74. The Balaban J connectivity index is 1.75. The number of epoxide rings is 2. The van der Waals surface area contributed by atoms with Crippen molar-refractivity contribution in [1.29, 1.82) is 0 Å². The smallest absolute Gasteiger partial charge is 0.431 e. The summed E-state index contributed by atoms with van der Waals surface area (Å²) in [6.07, 6.45) is -3.06. The summed E-state index contributed by atoms with van der Waals surface area (Å²) in [7, 11) is 0. The van der Waals surface area contributed by atoms with Crippen LogP contribution in [0.1, 0.15) is 20.8 Å². The van der Waals surface area contributed by atoms with E-state index in [0.717, 1.165) is 0 Å². The third-order valence-corrected chi connectivity index (χ3v) is 2.69. The minimum atomic E-state index is -1.11. The molecule has 0 unspecified atom stereocenters. The average molecular weight is 304 g/mol. The Morgan fingerprint density at radius 3 is 1.67 bits per heavy atom. The Morgan fingerprint density at radius 2 is 1.38 bits per heavy atom. The first-order chi connectivity index (χ1) is 9.84. The molecular formula is C13H20O8. The van der Waals surface area contributed by atoms with Crippen LogP contribution >= 0.6 is 0 Å². The molecule has 0 aromatic heterocycles. The van der Waals surface area contributed by atoms with Gasteiger partial charge in [0.25, 0.3) is 6.29 Å². The molecular weight excluding hydrogens is 284 g/mol. The SMILES string of the molecule is CC(C)(C)C(OC(=O)OC[C@H]1CO1)OC(=O)OC[C@H]1CO1. The molecule has 2 aliphatic rings. The number of hydrogen-bond acceptors (Lipinski definition) is 8. The average Bonchev–Trinajstić information content (AvgIpc) is 3.26. The normalized spacial score (nSPS) is 23.4. The van der Waals surface area contributed by atoms with Gasteiger partial charge in [-0.2, -0.15) is 0 Å². The van der Waals surface area contributed by atoms with Gasteiger partial charge in [-0.1, -0.05) is 20.8 Å². The summed E-state index contributed by atoms with van der Waals surface area (Å²) >= 11 is 0. The van der Waals surface area contributed by atoms with Crippen LogP contribution in [0.25, 0.3) is 0 Å². The molecule has 2 saturated heterocycles. The van der Waals surface area contributed by atoms with Crippen molar-refractivity contribution in [2.45, 2.75) is 39.3 Å². The molecule has 8 heteroatoms. The second kappa shape index (κ2) is 6.48. The predicted octanol–water partition coefficient (Wildman–Crippen LogP) is 1.46. The zero-order valence-corrected chi connectivity index (χ0v) is 12.3. The van der Waals surface area contributed by atoms with Gasteiger partial charge in [-0.15, -0.1) is 0 Å². The Bertz CT molecular complexity index is 350. The van der Waals surface area contributed by atoms with Crippen molar-refractivity contribution in [2.75, 3.05) is 26.4 Å². The highest BCUT2D eigenvalue weighted by atomic mass is 16.8. The molecule has 2 atom stereocenters. The van der Waals surface area contributed by atoms with E-state index in [0.29, 0.717) is 13.2 Å². The van der Waals surface area contributed by atoms with Crippen molar-refractivity contribution in [3.63, 3.8) is 0 Å². The summed E-state index contributed by atoms with van der Waals surface area (Å²) in [4.78, 5) is 23.1. The van der Waals surface area contributed by atoms with Crippen LogP contribution in [-0.2, 0) is 28.4 Å². The van der Waals surface area contributed by atoms with Crippen molar-refractivity contribution >= 4 is 12.3 Å². The lowest BCUT2D eigenvalue weighted by molar-refractivity contribution is -0.153. The van der Waals surface area contributed by atoms with Gasteiger partial charge in [0.2, 0.25) is 0 Å². The van der Waals surface area contributed by atoms with E-state index in [4.69, 9.17) is 28.4 Å². The number of rotatable bonds is 6. The van der Waals surface area contributed by atoms with E-state index >= 15 is 0 Å². The van der Waals surface area contributed by atoms with Gasteiger partial charge in [0, 0.05) is 5.41 Å². The van der Waals surface area contributed by atoms with Crippen molar-refractivity contribution in [3.8, 4) is 0 Å². The van der Waals surface area contributed by atoms with Gasteiger partial charge in [0.05, 0.1) is 13.2 Å². The molecule has 0 spiro atoms. The highest BCUT2D eigenvalue weighted by Crippen LogP contribution is 2.24. The Morgan fingerprint density at radius 1 is 1.00 bits per heavy atom. The molecule has 0 amide bonds. The third kappa shape index (κ3) is 6.17. The largest absolute Gasteiger partial charge is 0.511 e. The predicted molar refractivity (Wildman–Crippen MR) is 67.6 cm³/mol. The summed E-state index contributed by atoms with van der Waals surface area (Å²) in [5, 5.41) is 0. The third-order valence-electron chi connectivity index (χ3n) is 2.69. The number of hydrogen-bond donors (Lipinski definition) is 0. The molecule has 2 fully saturated rings. The number of carbonyl (C=O) groups is 2. The summed E-state index contributed by atoms with van der Waals surface area (Å²) < 4.78 is 29.5.